The van der Waals surface area contributed by atoms with Crippen LogP contribution >= 0.6 is 0 Å². The van der Waals surface area contributed by atoms with Crippen molar-refractivity contribution < 1.29 is 9.59 Å². The molecule has 1 aliphatic heterocycles. The summed E-state index contributed by atoms with van der Waals surface area (Å²) < 4.78 is 0. The maximum Gasteiger partial charge on any atom is 0.261 e. The highest BCUT2D eigenvalue weighted by Gasteiger charge is 2.57. The number of hydrogen-bond donors (Lipinski definition) is 0. The fraction of sp³-hybridized carbons (Fsp3) is 0.400. The van der Waals surface area contributed by atoms with Crippen molar-refractivity contribution in [1.29, 1.82) is 0 Å². The standard InChI is InChI=1S/C20H19NO2/c22-19(16-7-3-5-12-4-1-2-6-15(12)16)21-11-17-13-8-9-14(10-13)18(17)20(21)23/h1-7,13-14,17-18H,8-11H2. The Kier molecular flexibility index (Phi) is 2.70. The summed E-state index contributed by atoms with van der Waals surface area (Å²) in [6, 6.07) is 13.6. The van der Waals surface area contributed by atoms with Crippen molar-refractivity contribution in [3.05, 3.63) is 48.0 Å². The van der Waals surface area contributed by atoms with Crippen molar-refractivity contribution in [2.75, 3.05) is 6.54 Å². The number of carbonyl (C=O) groups is 2. The van der Waals surface area contributed by atoms with Gasteiger partial charge in [0.25, 0.3) is 5.91 Å². The molecule has 2 aliphatic carbocycles. The molecule has 0 N–H and O–H groups in total. The number of hydrogen-bond acceptors (Lipinski definition) is 2. The molecule has 5 rings (SSSR count). The van der Waals surface area contributed by atoms with Gasteiger partial charge in [-0.25, -0.2) is 0 Å². The maximum absolute atomic E-state index is 13.0. The molecule has 116 valence electrons. The molecule has 3 aliphatic rings. The second-order valence-electron chi connectivity index (χ2n) is 7.30. The Balaban J connectivity index is 1.53. The van der Waals surface area contributed by atoms with E-state index in [1.807, 2.05) is 42.5 Å². The van der Waals surface area contributed by atoms with Crippen LogP contribution in [0.2, 0.25) is 0 Å². The van der Waals surface area contributed by atoms with Gasteiger partial charge < -0.3 is 0 Å². The van der Waals surface area contributed by atoms with Crippen molar-refractivity contribution in [2.24, 2.45) is 23.7 Å². The van der Waals surface area contributed by atoms with Crippen molar-refractivity contribution in [3.63, 3.8) is 0 Å². The molecule has 1 heterocycles. The average molecular weight is 305 g/mol. The summed E-state index contributed by atoms with van der Waals surface area (Å²) in [5, 5.41) is 1.98. The zero-order chi connectivity index (χ0) is 15.6. The molecule has 3 fully saturated rings. The molecule has 2 aromatic rings. The normalized spacial score (nSPS) is 31.8. The summed E-state index contributed by atoms with van der Waals surface area (Å²) in [7, 11) is 0. The third-order valence-corrected chi connectivity index (χ3v) is 6.30. The first kappa shape index (κ1) is 13.3. The predicted octanol–water partition coefficient (Wildman–Crippen LogP) is 3.48. The van der Waals surface area contributed by atoms with Gasteiger partial charge in [-0.2, -0.15) is 0 Å². The molecule has 2 saturated carbocycles. The number of nitrogens with zero attached hydrogens (tertiary/aromatic N) is 1. The number of fused-ring (bicyclic) bond motifs is 6. The average Bonchev–Trinajstić information content (AvgIpc) is 3.27. The van der Waals surface area contributed by atoms with E-state index in [2.05, 4.69) is 0 Å². The maximum atomic E-state index is 13.0. The quantitative estimate of drug-likeness (QED) is 0.756. The summed E-state index contributed by atoms with van der Waals surface area (Å²) in [5.41, 5.74) is 0.656. The highest BCUT2D eigenvalue weighted by molar-refractivity contribution is 6.13. The molecule has 2 bridgehead atoms. The molecule has 2 aromatic carbocycles. The molecule has 3 nitrogen and oxygen atoms in total. The largest absolute Gasteiger partial charge is 0.278 e. The minimum atomic E-state index is -0.111. The minimum Gasteiger partial charge on any atom is -0.278 e. The van der Waals surface area contributed by atoms with Crippen LogP contribution in [-0.4, -0.2) is 23.3 Å². The van der Waals surface area contributed by atoms with Crippen molar-refractivity contribution in [3.8, 4) is 0 Å². The number of rotatable bonds is 1. The molecule has 4 atom stereocenters. The monoisotopic (exact) mass is 305 g/mol. The predicted molar refractivity (Wildman–Crippen MR) is 87.8 cm³/mol. The second-order valence-corrected chi connectivity index (χ2v) is 7.30. The van der Waals surface area contributed by atoms with E-state index in [1.165, 1.54) is 19.3 Å². The van der Waals surface area contributed by atoms with Crippen LogP contribution in [0.1, 0.15) is 29.6 Å². The first-order chi connectivity index (χ1) is 11.2. The molecular formula is C20H19NO2. The molecule has 23 heavy (non-hydrogen) atoms. The molecule has 0 radical (unpaired) electrons. The van der Waals surface area contributed by atoms with Crippen LogP contribution in [0.4, 0.5) is 0 Å². The van der Waals surface area contributed by atoms with Crippen LogP contribution in [0.5, 0.6) is 0 Å². The van der Waals surface area contributed by atoms with Crippen molar-refractivity contribution >= 4 is 22.6 Å². The molecule has 4 unspecified atom stereocenters. The first-order valence-corrected chi connectivity index (χ1v) is 8.57. The van der Waals surface area contributed by atoms with Crippen LogP contribution in [-0.2, 0) is 4.79 Å². The van der Waals surface area contributed by atoms with Gasteiger partial charge in [0.1, 0.15) is 0 Å². The van der Waals surface area contributed by atoms with Crippen LogP contribution in [0.3, 0.4) is 0 Å². The summed E-state index contributed by atoms with van der Waals surface area (Å²) in [4.78, 5) is 27.4. The van der Waals surface area contributed by atoms with Gasteiger partial charge in [0.15, 0.2) is 0 Å². The van der Waals surface area contributed by atoms with E-state index in [0.29, 0.717) is 29.9 Å². The van der Waals surface area contributed by atoms with E-state index in [9.17, 15) is 9.59 Å². The Morgan fingerprint density at radius 2 is 1.78 bits per heavy atom. The van der Waals surface area contributed by atoms with E-state index < -0.39 is 0 Å². The zero-order valence-electron chi connectivity index (χ0n) is 12.9. The number of carbonyl (C=O) groups excluding carboxylic acids is 2. The lowest BCUT2D eigenvalue weighted by Gasteiger charge is -2.20. The van der Waals surface area contributed by atoms with Gasteiger partial charge in [-0.1, -0.05) is 36.4 Å². The van der Waals surface area contributed by atoms with Gasteiger partial charge in [-0.15, -0.1) is 0 Å². The van der Waals surface area contributed by atoms with Crippen LogP contribution in [0.15, 0.2) is 42.5 Å². The number of amides is 2. The van der Waals surface area contributed by atoms with E-state index >= 15 is 0 Å². The number of imide groups is 1. The van der Waals surface area contributed by atoms with Crippen molar-refractivity contribution in [2.45, 2.75) is 19.3 Å². The lowest BCUT2D eigenvalue weighted by atomic mass is 9.81. The Morgan fingerprint density at radius 1 is 1.00 bits per heavy atom. The summed E-state index contributed by atoms with van der Waals surface area (Å²) in [6.45, 7) is 0.632. The minimum absolute atomic E-state index is 0.0835. The molecule has 1 saturated heterocycles. The van der Waals surface area contributed by atoms with Crippen LogP contribution in [0.25, 0.3) is 10.8 Å². The molecule has 2 amide bonds. The van der Waals surface area contributed by atoms with Gasteiger partial charge in [0.05, 0.1) is 0 Å². The van der Waals surface area contributed by atoms with Gasteiger partial charge in [-0.05, 0) is 53.9 Å². The highest BCUT2D eigenvalue weighted by atomic mass is 16.2. The molecule has 0 spiro atoms. The number of likely N-dealkylation sites (tertiary alicyclic amines) is 1. The Morgan fingerprint density at radius 3 is 2.65 bits per heavy atom. The second kappa shape index (κ2) is 4.67. The molecule has 3 heteroatoms. The summed E-state index contributed by atoms with van der Waals surface area (Å²) in [6.07, 6.45) is 3.63. The fourth-order valence-electron chi connectivity index (χ4n) is 5.28. The topological polar surface area (TPSA) is 37.4 Å². The summed E-state index contributed by atoms with van der Waals surface area (Å²) >= 11 is 0. The Labute approximate surface area is 135 Å². The van der Waals surface area contributed by atoms with Gasteiger partial charge in [-0.3, -0.25) is 14.5 Å². The van der Waals surface area contributed by atoms with Gasteiger partial charge >= 0.3 is 0 Å². The Bertz CT molecular complexity index is 822. The zero-order valence-corrected chi connectivity index (χ0v) is 12.9. The van der Waals surface area contributed by atoms with E-state index in [0.717, 1.165) is 10.8 Å². The highest BCUT2D eigenvalue weighted by Crippen LogP contribution is 2.55. The van der Waals surface area contributed by atoms with Gasteiger partial charge in [0.2, 0.25) is 5.91 Å². The van der Waals surface area contributed by atoms with Crippen molar-refractivity contribution in [1.82, 2.24) is 4.90 Å². The smallest absolute Gasteiger partial charge is 0.261 e. The summed E-state index contributed by atoms with van der Waals surface area (Å²) in [5.74, 6) is 1.70. The number of benzene rings is 2. The van der Waals surface area contributed by atoms with E-state index in [4.69, 9.17) is 0 Å². The third kappa shape index (κ3) is 1.76. The van der Waals surface area contributed by atoms with E-state index in [-0.39, 0.29) is 17.7 Å². The fourth-order valence-corrected chi connectivity index (χ4v) is 5.28. The Hall–Kier alpha value is -2.16. The molecular weight excluding hydrogens is 286 g/mol. The SMILES string of the molecule is O=C(c1cccc2ccccc12)N1CC2C3CCC(C3)C2C1=O. The third-order valence-electron chi connectivity index (χ3n) is 6.30. The van der Waals surface area contributed by atoms with Crippen LogP contribution in [0, 0.1) is 23.7 Å². The van der Waals surface area contributed by atoms with Gasteiger partial charge in [0, 0.05) is 18.0 Å². The lowest BCUT2D eigenvalue weighted by Crippen LogP contribution is -2.35. The van der Waals surface area contributed by atoms with Crippen LogP contribution < -0.4 is 0 Å². The van der Waals surface area contributed by atoms with E-state index in [1.54, 1.807) is 4.90 Å². The lowest BCUT2D eigenvalue weighted by molar-refractivity contribution is -0.130. The molecule has 0 aromatic heterocycles. The first-order valence-electron chi connectivity index (χ1n) is 8.57.